The molecule has 0 unspecified atom stereocenters. The fraction of sp³-hybridized carbons (Fsp3) is 0.364. The molecule has 0 bridgehead atoms. The van der Waals surface area contributed by atoms with E-state index in [9.17, 15) is 0 Å². The second-order valence-corrected chi connectivity index (χ2v) is 4.62. The minimum absolute atomic E-state index is 0.598. The molecule has 0 atom stereocenters. The van der Waals surface area contributed by atoms with E-state index in [1.54, 1.807) is 24.2 Å². The van der Waals surface area contributed by atoms with Crippen molar-refractivity contribution in [1.82, 2.24) is 19.7 Å². The third-order valence-corrected chi connectivity index (χ3v) is 3.34. The minimum Gasteiger partial charge on any atom is -0.299 e. The Balaban J connectivity index is 2.10. The lowest BCUT2D eigenvalue weighted by molar-refractivity contribution is 0.670. The topological polar surface area (TPSA) is 43.6 Å². The molecular formula is C11H12N4S. The summed E-state index contributed by atoms with van der Waals surface area (Å²) in [4.78, 5) is 4.03. The lowest BCUT2D eigenvalue weighted by atomic mass is 10.2. The van der Waals surface area contributed by atoms with Crippen molar-refractivity contribution in [3.05, 3.63) is 24.5 Å². The van der Waals surface area contributed by atoms with Crippen LogP contribution in [0.15, 0.2) is 29.7 Å². The maximum atomic E-state index is 4.28. The van der Waals surface area contributed by atoms with Crippen LogP contribution in [0.25, 0.3) is 11.4 Å². The number of aromatic nitrogens is 4. The molecule has 1 aliphatic carbocycles. The third kappa shape index (κ3) is 1.61. The lowest BCUT2D eigenvalue weighted by Gasteiger charge is -2.06. The first-order chi connectivity index (χ1) is 7.90. The van der Waals surface area contributed by atoms with Gasteiger partial charge in [0.15, 0.2) is 11.0 Å². The van der Waals surface area contributed by atoms with Crippen molar-refractivity contribution >= 4 is 11.8 Å². The summed E-state index contributed by atoms with van der Waals surface area (Å²) in [5, 5.41) is 9.52. The third-order valence-electron chi connectivity index (χ3n) is 2.70. The smallest absolute Gasteiger partial charge is 0.191 e. The van der Waals surface area contributed by atoms with E-state index in [1.165, 1.54) is 12.8 Å². The first kappa shape index (κ1) is 9.84. The van der Waals surface area contributed by atoms with E-state index in [4.69, 9.17) is 0 Å². The summed E-state index contributed by atoms with van der Waals surface area (Å²) < 4.78 is 2.25. The van der Waals surface area contributed by atoms with Crippen LogP contribution in [0.2, 0.25) is 0 Å². The van der Waals surface area contributed by atoms with Crippen LogP contribution in [-0.4, -0.2) is 26.0 Å². The van der Waals surface area contributed by atoms with Crippen molar-refractivity contribution in [2.75, 3.05) is 6.26 Å². The van der Waals surface area contributed by atoms with Crippen molar-refractivity contribution in [2.45, 2.75) is 24.0 Å². The van der Waals surface area contributed by atoms with E-state index in [0.29, 0.717) is 6.04 Å². The van der Waals surface area contributed by atoms with Gasteiger partial charge in [0.25, 0.3) is 0 Å². The molecule has 0 radical (unpaired) electrons. The minimum atomic E-state index is 0.598. The van der Waals surface area contributed by atoms with E-state index >= 15 is 0 Å². The van der Waals surface area contributed by atoms with E-state index < -0.39 is 0 Å². The fourth-order valence-corrected chi connectivity index (χ4v) is 2.33. The zero-order chi connectivity index (χ0) is 11.0. The molecular weight excluding hydrogens is 220 g/mol. The van der Waals surface area contributed by atoms with E-state index in [-0.39, 0.29) is 0 Å². The Kier molecular flexibility index (Phi) is 2.40. The highest BCUT2D eigenvalue weighted by atomic mass is 32.2. The van der Waals surface area contributed by atoms with Crippen LogP contribution in [0.1, 0.15) is 18.9 Å². The first-order valence-corrected chi connectivity index (χ1v) is 6.52. The van der Waals surface area contributed by atoms with Gasteiger partial charge in [-0.15, -0.1) is 10.2 Å². The summed E-state index contributed by atoms with van der Waals surface area (Å²) in [5.74, 6) is 0.967. The van der Waals surface area contributed by atoms with Crippen LogP contribution in [-0.2, 0) is 0 Å². The summed E-state index contributed by atoms with van der Waals surface area (Å²) in [7, 11) is 0. The Hall–Kier alpha value is -1.36. The molecule has 0 saturated heterocycles. The number of rotatable bonds is 3. The van der Waals surface area contributed by atoms with Crippen LogP contribution < -0.4 is 0 Å². The molecule has 0 aromatic carbocycles. The predicted molar refractivity (Wildman–Crippen MR) is 63.3 cm³/mol. The van der Waals surface area contributed by atoms with E-state index in [0.717, 1.165) is 16.5 Å². The molecule has 16 heavy (non-hydrogen) atoms. The molecule has 0 amide bonds. The van der Waals surface area contributed by atoms with Gasteiger partial charge in [-0.2, -0.15) is 0 Å². The Morgan fingerprint density at radius 2 is 2.00 bits per heavy atom. The summed E-state index contributed by atoms with van der Waals surface area (Å²) in [6.07, 6.45) is 8.10. The number of hydrogen-bond acceptors (Lipinski definition) is 4. The van der Waals surface area contributed by atoms with Gasteiger partial charge in [0.2, 0.25) is 0 Å². The second-order valence-electron chi connectivity index (χ2n) is 3.85. The van der Waals surface area contributed by atoms with Crippen molar-refractivity contribution in [1.29, 1.82) is 0 Å². The predicted octanol–water partition coefficient (Wildman–Crippen LogP) is 2.40. The number of hydrogen-bond donors (Lipinski definition) is 0. The largest absolute Gasteiger partial charge is 0.299 e. The molecule has 4 nitrogen and oxygen atoms in total. The van der Waals surface area contributed by atoms with Crippen molar-refractivity contribution in [3.63, 3.8) is 0 Å². The van der Waals surface area contributed by atoms with Gasteiger partial charge in [-0.1, -0.05) is 11.8 Å². The maximum absolute atomic E-state index is 4.28. The molecule has 1 fully saturated rings. The summed E-state index contributed by atoms with van der Waals surface area (Å²) >= 11 is 1.65. The summed E-state index contributed by atoms with van der Waals surface area (Å²) in [6, 6.07) is 4.56. The molecule has 0 N–H and O–H groups in total. The van der Waals surface area contributed by atoms with Gasteiger partial charge in [-0.05, 0) is 31.2 Å². The highest BCUT2D eigenvalue weighted by Gasteiger charge is 2.29. The molecule has 1 aliphatic rings. The summed E-state index contributed by atoms with van der Waals surface area (Å²) in [6.45, 7) is 0. The Labute approximate surface area is 98.1 Å². The quantitative estimate of drug-likeness (QED) is 0.762. The average Bonchev–Trinajstić information content (AvgIpc) is 3.09. The fourth-order valence-electron chi connectivity index (χ4n) is 1.78. The SMILES string of the molecule is CSc1nnc(-c2ccncc2)n1C1CC1. The maximum Gasteiger partial charge on any atom is 0.191 e. The van der Waals surface area contributed by atoms with Gasteiger partial charge in [0, 0.05) is 24.0 Å². The van der Waals surface area contributed by atoms with E-state index in [1.807, 2.05) is 18.4 Å². The van der Waals surface area contributed by atoms with Crippen LogP contribution in [0, 0.1) is 0 Å². The van der Waals surface area contributed by atoms with Crippen LogP contribution in [0.4, 0.5) is 0 Å². The highest BCUT2D eigenvalue weighted by Crippen LogP contribution is 2.40. The molecule has 5 heteroatoms. The number of thioether (sulfide) groups is 1. The molecule has 2 heterocycles. The molecule has 82 valence electrons. The number of nitrogens with zero attached hydrogens (tertiary/aromatic N) is 4. The van der Waals surface area contributed by atoms with Gasteiger partial charge in [-0.25, -0.2) is 0 Å². The molecule has 0 spiro atoms. The van der Waals surface area contributed by atoms with Crippen LogP contribution >= 0.6 is 11.8 Å². The zero-order valence-electron chi connectivity index (χ0n) is 9.00. The van der Waals surface area contributed by atoms with E-state index in [2.05, 4.69) is 19.7 Å². The Morgan fingerprint density at radius 3 is 2.62 bits per heavy atom. The van der Waals surface area contributed by atoms with Gasteiger partial charge in [-0.3, -0.25) is 9.55 Å². The summed E-state index contributed by atoms with van der Waals surface area (Å²) in [5.41, 5.74) is 1.09. The van der Waals surface area contributed by atoms with Gasteiger partial charge in [0.1, 0.15) is 0 Å². The van der Waals surface area contributed by atoms with Crippen molar-refractivity contribution in [2.24, 2.45) is 0 Å². The second kappa shape index (κ2) is 3.90. The molecule has 3 rings (SSSR count). The van der Waals surface area contributed by atoms with Gasteiger partial charge in [0.05, 0.1) is 0 Å². The number of pyridine rings is 1. The molecule has 1 saturated carbocycles. The van der Waals surface area contributed by atoms with Crippen molar-refractivity contribution < 1.29 is 0 Å². The monoisotopic (exact) mass is 232 g/mol. The van der Waals surface area contributed by atoms with Crippen molar-refractivity contribution in [3.8, 4) is 11.4 Å². The Morgan fingerprint density at radius 1 is 1.25 bits per heavy atom. The standard InChI is InChI=1S/C11H12N4S/c1-16-11-14-13-10(15(11)9-2-3-9)8-4-6-12-7-5-8/h4-7,9H,2-3H2,1H3. The van der Waals surface area contributed by atoms with Gasteiger partial charge < -0.3 is 0 Å². The van der Waals surface area contributed by atoms with Crippen LogP contribution in [0.5, 0.6) is 0 Å². The zero-order valence-corrected chi connectivity index (χ0v) is 9.81. The Bertz CT molecular complexity index is 490. The lowest BCUT2D eigenvalue weighted by Crippen LogP contribution is -1.99. The normalized spacial score (nSPS) is 15.3. The molecule has 2 aromatic rings. The van der Waals surface area contributed by atoms with Crippen LogP contribution in [0.3, 0.4) is 0 Å². The first-order valence-electron chi connectivity index (χ1n) is 5.29. The molecule has 2 aromatic heterocycles. The van der Waals surface area contributed by atoms with Gasteiger partial charge >= 0.3 is 0 Å². The average molecular weight is 232 g/mol. The highest BCUT2D eigenvalue weighted by molar-refractivity contribution is 7.98. The molecule has 0 aliphatic heterocycles.